The molecule has 2 aliphatic rings. The van der Waals surface area contributed by atoms with Gasteiger partial charge in [-0.3, -0.25) is 0 Å². The molecule has 0 amide bonds. The van der Waals surface area contributed by atoms with Crippen LogP contribution in [0.15, 0.2) is 60.8 Å². The normalized spacial score (nSPS) is 23.9. The minimum absolute atomic E-state index is 0.956. The van der Waals surface area contributed by atoms with Gasteiger partial charge in [-0.2, -0.15) is 0 Å². The van der Waals surface area contributed by atoms with E-state index in [-0.39, 0.29) is 0 Å². The van der Waals surface area contributed by atoms with Gasteiger partial charge in [0.15, 0.2) is 0 Å². The molecule has 2 heteroatoms. The van der Waals surface area contributed by atoms with E-state index in [9.17, 15) is 0 Å². The summed E-state index contributed by atoms with van der Waals surface area (Å²) in [4.78, 5) is 6.87. The molecule has 0 radical (unpaired) electrons. The Kier molecular flexibility index (Phi) is 4.32. The van der Waals surface area contributed by atoms with Crippen LogP contribution in [0.25, 0.3) is 0 Å². The van der Waals surface area contributed by atoms with Crippen LogP contribution in [-0.4, -0.2) is 18.1 Å². The molecule has 0 spiro atoms. The number of aromatic nitrogens is 1. The zero-order valence-electron chi connectivity index (χ0n) is 11.9. The summed E-state index contributed by atoms with van der Waals surface area (Å²) in [6.07, 6.45) is 6.22. The molecule has 0 unspecified atom stereocenters. The second-order valence-corrected chi connectivity index (χ2v) is 5.70. The summed E-state index contributed by atoms with van der Waals surface area (Å²) in [5.74, 6) is 3.08. The van der Waals surface area contributed by atoms with E-state index in [0.29, 0.717) is 0 Å². The molecule has 4 rings (SSSR count). The predicted molar refractivity (Wildman–Crippen MR) is 83.7 cm³/mol. The van der Waals surface area contributed by atoms with Gasteiger partial charge in [0.2, 0.25) is 0 Å². The maximum Gasteiger partial charge on any atom is 0.128 e. The Labute approximate surface area is 121 Å². The van der Waals surface area contributed by atoms with Gasteiger partial charge >= 0.3 is 0 Å². The summed E-state index contributed by atoms with van der Waals surface area (Å²) < 4.78 is 0. The maximum atomic E-state index is 4.41. The van der Waals surface area contributed by atoms with Gasteiger partial charge in [0.05, 0.1) is 0 Å². The van der Waals surface area contributed by atoms with E-state index in [2.05, 4.69) is 22.0 Å². The van der Waals surface area contributed by atoms with Gasteiger partial charge in [-0.25, -0.2) is 4.98 Å². The molecule has 2 heterocycles. The van der Waals surface area contributed by atoms with E-state index in [4.69, 9.17) is 0 Å². The molecule has 0 N–H and O–H groups in total. The summed E-state index contributed by atoms with van der Waals surface area (Å²) in [5.41, 5.74) is 0. The predicted octanol–water partition coefficient (Wildman–Crippen LogP) is 4.00. The summed E-state index contributed by atoms with van der Waals surface area (Å²) in [6.45, 7) is 2.48. The highest BCUT2D eigenvalue weighted by Crippen LogP contribution is 2.38. The standard InChI is InChI=1S/C12H16N2.C6H6/c1-2-7-13-12(6-1)14-8-10-4-3-5-11(10)9-14;1-2-4-6-5-3-1/h1-2,6-7,10-11H,3-5,8-9H2;1-6H/t10-,11+;. The Balaban J connectivity index is 0.000000170. The zero-order valence-corrected chi connectivity index (χ0v) is 11.9. The van der Waals surface area contributed by atoms with E-state index in [0.717, 1.165) is 11.8 Å². The number of pyridine rings is 1. The largest absolute Gasteiger partial charge is 0.356 e. The van der Waals surface area contributed by atoms with Crippen LogP contribution in [-0.2, 0) is 0 Å². The monoisotopic (exact) mass is 266 g/mol. The van der Waals surface area contributed by atoms with Crippen molar-refractivity contribution in [3.63, 3.8) is 0 Å². The van der Waals surface area contributed by atoms with Gasteiger partial charge in [0.25, 0.3) is 0 Å². The molecule has 20 heavy (non-hydrogen) atoms. The summed E-state index contributed by atoms with van der Waals surface area (Å²) >= 11 is 0. The molecular formula is C18H22N2. The first kappa shape index (κ1) is 13.2. The molecule has 1 saturated heterocycles. The molecule has 2 fully saturated rings. The van der Waals surface area contributed by atoms with Crippen molar-refractivity contribution in [3.05, 3.63) is 60.8 Å². The smallest absolute Gasteiger partial charge is 0.128 e. The van der Waals surface area contributed by atoms with Crippen molar-refractivity contribution in [2.24, 2.45) is 11.8 Å². The van der Waals surface area contributed by atoms with Crippen molar-refractivity contribution in [3.8, 4) is 0 Å². The number of fused-ring (bicyclic) bond motifs is 1. The highest BCUT2D eigenvalue weighted by atomic mass is 15.2. The Bertz CT molecular complexity index is 459. The molecule has 1 aromatic heterocycles. The first-order chi connectivity index (χ1) is 9.93. The Hall–Kier alpha value is -1.83. The van der Waals surface area contributed by atoms with Crippen LogP contribution in [0.1, 0.15) is 19.3 Å². The molecule has 0 bridgehead atoms. The SMILES string of the molecule is c1ccc(N2C[C@H]3CCC[C@H]3C2)nc1.c1ccccc1. The summed E-state index contributed by atoms with van der Waals surface area (Å²) in [5, 5.41) is 0. The quantitative estimate of drug-likeness (QED) is 0.775. The number of benzene rings is 1. The topological polar surface area (TPSA) is 16.1 Å². The van der Waals surface area contributed by atoms with Crippen LogP contribution in [0.4, 0.5) is 5.82 Å². The second kappa shape index (κ2) is 6.56. The van der Waals surface area contributed by atoms with Crippen LogP contribution >= 0.6 is 0 Å². The van der Waals surface area contributed by atoms with E-state index >= 15 is 0 Å². The lowest BCUT2D eigenvalue weighted by molar-refractivity contribution is 0.494. The van der Waals surface area contributed by atoms with Crippen LogP contribution in [0.3, 0.4) is 0 Å². The highest BCUT2D eigenvalue weighted by Gasteiger charge is 2.36. The summed E-state index contributed by atoms with van der Waals surface area (Å²) in [7, 11) is 0. The van der Waals surface area contributed by atoms with E-state index in [1.54, 1.807) is 0 Å². The molecule has 1 aromatic carbocycles. The average Bonchev–Trinajstić information content (AvgIpc) is 3.12. The van der Waals surface area contributed by atoms with Gasteiger partial charge in [0, 0.05) is 19.3 Å². The first-order valence-corrected chi connectivity index (χ1v) is 7.59. The van der Waals surface area contributed by atoms with Crippen molar-refractivity contribution in [1.82, 2.24) is 4.98 Å². The van der Waals surface area contributed by atoms with Gasteiger partial charge in [0.1, 0.15) is 5.82 Å². The molecular weight excluding hydrogens is 244 g/mol. The second-order valence-electron chi connectivity index (χ2n) is 5.70. The van der Waals surface area contributed by atoms with Crippen LogP contribution in [0, 0.1) is 11.8 Å². The third-order valence-corrected chi connectivity index (χ3v) is 4.37. The molecule has 104 valence electrons. The Morgan fingerprint density at radius 2 is 1.40 bits per heavy atom. The molecule has 2 aromatic rings. The fourth-order valence-electron chi connectivity index (χ4n) is 3.35. The van der Waals surface area contributed by atoms with Crippen molar-refractivity contribution >= 4 is 5.82 Å². The third kappa shape index (κ3) is 3.19. The lowest BCUT2D eigenvalue weighted by Gasteiger charge is -2.17. The molecule has 1 aliphatic heterocycles. The lowest BCUT2D eigenvalue weighted by atomic mass is 10.0. The molecule has 1 aliphatic carbocycles. The molecule has 2 atom stereocenters. The number of rotatable bonds is 1. The Morgan fingerprint density at radius 3 is 1.90 bits per heavy atom. The third-order valence-electron chi connectivity index (χ3n) is 4.37. The van der Waals surface area contributed by atoms with E-state index in [1.165, 1.54) is 38.2 Å². The van der Waals surface area contributed by atoms with Gasteiger partial charge in [-0.05, 0) is 36.8 Å². The van der Waals surface area contributed by atoms with Crippen LogP contribution in [0.2, 0.25) is 0 Å². The minimum atomic E-state index is 0.956. The average molecular weight is 266 g/mol. The molecule has 2 nitrogen and oxygen atoms in total. The van der Waals surface area contributed by atoms with Gasteiger partial charge in [-0.1, -0.05) is 48.9 Å². The van der Waals surface area contributed by atoms with Gasteiger partial charge in [-0.15, -0.1) is 0 Å². The van der Waals surface area contributed by atoms with Crippen molar-refractivity contribution in [2.45, 2.75) is 19.3 Å². The van der Waals surface area contributed by atoms with Crippen LogP contribution in [0.5, 0.6) is 0 Å². The first-order valence-electron chi connectivity index (χ1n) is 7.59. The lowest BCUT2D eigenvalue weighted by Crippen LogP contribution is -2.21. The number of nitrogens with zero attached hydrogens (tertiary/aromatic N) is 2. The van der Waals surface area contributed by atoms with Crippen LogP contribution < -0.4 is 4.90 Å². The number of anilines is 1. The van der Waals surface area contributed by atoms with Gasteiger partial charge < -0.3 is 4.90 Å². The fourth-order valence-corrected chi connectivity index (χ4v) is 3.35. The van der Waals surface area contributed by atoms with Crippen molar-refractivity contribution in [2.75, 3.05) is 18.0 Å². The number of hydrogen-bond donors (Lipinski definition) is 0. The van der Waals surface area contributed by atoms with Crippen molar-refractivity contribution in [1.29, 1.82) is 0 Å². The van der Waals surface area contributed by atoms with E-state index < -0.39 is 0 Å². The molecule has 1 saturated carbocycles. The summed E-state index contributed by atoms with van der Waals surface area (Å²) in [6, 6.07) is 18.2. The zero-order chi connectivity index (χ0) is 13.6. The van der Waals surface area contributed by atoms with E-state index in [1.807, 2.05) is 48.7 Å². The highest BCUT2D eigenvalue weighted by molar-refractivity contribution is 5.39. The number of hydrogen-bond acceptors (Lipinski definition) is 2. The van der Waals surface area contributed by atoms with Crippen molar-refractivity contribution < 1.29 is 0 Å². The Morgan fingerprint density at radius 1 is 0.800 bits per heavy atom. The minimum Gasteiger partial charge on any atom is -0.356 e. The maximum absolute atomic E-state index is 4.41. The fraction of sp³-hybridized carbons (Fsp3) is 0.389.